The fourth-order valence-electron chi connectivity index (χ4n) is 1.97. The number of halogens is 1. The molecule has 0 amide bonds. The average Bonchev–Trinajstić information content (AvgIpc) is 2.17. The maximum absolute atomic E-state index is 6.23. The van der Waals surface area contributed by atoms with Gasteiger partial charge < -0.3 is 10.5 Å². The van der Waals surface area contributed by atoms with Gasteiger partial charge in [0.2, 0.25) is 0 Å². The van der Waals surface area contributed by atoms with Gasteiger partial charge in [0.1, 0.15) is 5.75 Å². The van der Waals surface area contributed by atoms with E-state index in [9.17, 15) is 0 Å². The lowest BCUT2D eigenvalue weighted by Crippen LogP contribution is -2.11. The Labute approximate surface area is 96.4 Å². The minimum atomic E-state index is 0.256. The molecule has 1 aromatic rings. The Morgan fingerprint density at radius 3 is 2.53 bits per heavy atom. The van der Waals surface area contributed by atoms with Crippen LogP contribution in [-0.4, -0.2) is 13.7 Å². The summed E-state index contributed by atoms with van der Waals surface area (Å²) >= 11 is 6.23. The Kier molecular flexibility index (Phi) is 4.00. The number of aryl methyl sites for hydroxylation is 1. The monoisotopic (exact) mass is 227 g/mol. The Bertz CT molecular complexity index is 363. The van der Waals surface area contributed by atoms with Crippen LogP contribution >= 0.6 is 11.6 Å². The highest BCUT2D eigenvalue weighted by Gasteiger charge is 2.16. The summed E-state index contributed by atoms with van der Waals surface area (Å²) in [7, 11) is 1.68. The number of methoxy groups -OCH3 is 1. The van der Waals surface area contributed by atoms with Crippen molar-refractivity contribution in [1.82, 2.24) is 0 Å². The third kappa shape index (κ3) is 2.27. The molecule has 1 rings (SSSR count). The normalized spacial score (nSPS) is 12.7. The van der Waals surface area contributed by atoms with E-state index in [1.165, 1.54) is 0 Å². The predicted octanol–water partition coefficient (Wildman–Crippen LogP) is 3.03. The summed E-state index contributed by atoms with van der Waals surface area (Å²) in [6.07, 6.45) is 0. The van der Waals surface area contributed by atoms with Gasteiger partial charge in [0.05, 0.1) is 7.11 Å². The molecule has 1 aromatic carbocycles. The zero-order valence-corrected chi connectivity index (χ0v) is 10.5. The van der Waals surface area contributed by atoms with Crippen LogP contribution in [0.25, 0.3) is 0 Å². The smallest absolute Gasteiger partial charge is 0.125 e. The third-order valence-electron chi connectivity index (χ3n) is 2.75. The lowest BCUT2D eigenvalue weighted by atomic mass is 9.94. The number of hydrogen-bond acceptors (Lipinski definition) is 2. The van der Waals surface area contributed by atoms with Gasteiger partial charge in [-0.3, -0.25) is 0 Å². The van der Waals surface area contributed by atoms with E-state index in [2.05, 4.69) is 6.92 Å². The first-order valence-corrected chi connectivity index (χ1v) is 5.44. The Balaban J connectivity index is 3.38. The van der Waals surface area contributed by atoms with Gasteiger partial charge in [-0.25, -0.2) is 0 Å². The molecule has 84 valence electrons. The molecule has 0 fully saturated rings. The first kappa shape index (κ1) is 12.3. The van der Waals surface area contributed by atoms with Crippen LogP contribution in [0, 0.1) is 13.8 Å². The Hall–Kier alpha value is -0.730. The zero-order valence-electron chi connectivity index (χ0n) is 9.73. The summed E-state index contributed by atoms with van der Waals surface area (Å²) in [4.78, 5) is 0. The van der Waals surface area contributed by atoms with E-state index >= 15 is 0 Å². The van der Waals surface area contributed by atoms with Crippen LogP contribution in [0.15, 0.2) is 6.07 Å². The van der Waals surface area contributed by atoms with Crippen molar-refractivity contribution in [2.24, 2.45) is 5.73 Å². The molecule has 0 aliphatic rings. The van der Waals surface area contributed by atoms with E-state index in [1.54, 1.807) is 7.11 Å². The van der Waals surface area contributed by atoms with Crippen molar-refractivity contribution >= 4 is 11.6 Å². The molecule has 3 heteroatoms. The molecule has 0 heterocycles. The SMILES string of the molecule is COc1c(C)cc(Cl)c(C(C)CN)c1C. The lowest BCUT2D eigenvalue weighted by Gasteiger charge is -2.19. The molecule has 0 saturated carbocycles. The van der Waals surface area contributed by atoms with Crippen molar-refractivity contribution in [3.8, 4) is 5.75 Å². The van der Waals surface area contributed by atoms with E-state index in [1.807, 2.05) is 19.9 Å². The van der Waals surface area contributed by atoms with E-state index in [4.69, 9.17) is 22.1 Å². The molecule has 0 aliphatic heterocycles. The molecule has 0 bridgehead atoms. The third-order valence-corrected chi connectivity index (χ3v) is 3.07. The molecule has 2 nitrogen and oxygen atoms in total. The van der Waals surface area contributed by atoms with Gasteiger partial charge in [-0.1, -0.05) is 18.5 Å². The highest BCUT2D eigenvalue weighted by Crippen LogP contribution is 2.35. The Morgan fingerprint density at radius 2 is 2.07 bits per heavy atom. The molecule has 15 heavy (non-hydrogen) atoms. The molecular formula is C12H18ClNO. The van der Waals surface area contributed by atoms with Crippen LogP contribution in [0.2, 0.25) is 5.02 Å². The van der Waals surface area contributed by atoms with Gasteiger partial charge in [0.25, 0.3) is 0 Å². The van der Waals surface area contributed by atoms with E-state index in [0.29, 0.717) is 6.54 Å². The topological polar surface area (TPSA) is 35.2 Å². The number of hydrogen-bond donors (Lipinski definition) is 1. The molecule has 0 spiro atoms. The van der Waals surface area contributed by atoms with Crippen molar-refractivity contribution in [3.63, 3.8) is 0 Å². The van der Waals surface area contributed by atoms with Crippen LogP contribution in [0.5, 0.6) is 5.75 Å². The Morgan fingerprint density at radius 1 is 1.47 bits per heavy atom. The van der Waals surface area contributed by atoms with Crippen molar-refractivity contribution in [2.75, 3.05) is 13.7 Å². The molecule has 0 aliphatic carbocycles. The molecule has 2 N–H and O–H groups in total. The fraction of sp³-hybridized carbons (Fsp3) is 0.500. The van der Waals surface area contributed by atoms with E-state index in [0.717, 1.165) is 27.5 Å². The van der Waals surface area contributed by atoms with Crippen LogP contribution in [-0.2, 0) is 0 Å². The molecule has 1 atom stereocenters. The fourth-order valence-corrected chi connectivity index (χ4v) is 2.46. The van der Waals surface area contributed by atoms with E-state index < -0.39 is 0 Å². The maximum Gasteiger partial charge on any atom is 0.125 e. The summed E-state index contributed by atoms with van der Waals surface area (Å²) in [5.41, 5.74) is 8.93. The van der Waals surface area contributed by atoms with E-state index in [-0.39, 0.29) is 5.92 Å². The summed E-state index contributed by atoms with van der Waals surface area (Å²) < 4.78 is 5.37. The predicted molar refractivity (Wildman–Crippen MR) is 64.9 cm³/mol. The number of rotatable bonds is 3. The second-order valence-electron chi connectivity index (χ2n) is 3.88. The number of benzene rings is 1. The van der Waals surface area contributed by atoms with Crippen molar-refractivity contribution in [2.45, 2.75) is 26.7 Å². The molecule has 0 aromatic heterocycles. The molecule has 1 unspecified atom stereocenters. The van der Waals surface area contributed by atoms with Gasteiger partial charge >= 0.3 is 0 Å². The number of nitrogens with two attached hydrogens (primary N) is 1. The van der Waals surface area contributed by atoms with Crippen LogP contribution in [0.4, 0.5) is 0 Å². The van der Waals surface area contributed by atoms with Gasteiger partial charge in [-0.2, -0.15) is 0 Å². The van der Waals surface area contributed by atoms with Gasteiger partial charge in [0, 0.05) is 5.02 Å². The largest absolute Gasteiger partial charge is 0.496 e. The second-order valence-corrected chi connectivity index (χ2v) is 4.29. The molecule has 0 radical (unpaired) electrons. The molecular weight excluding hydrogens is 210 g/mol. The van der Waals surface area contributed by atoms with Crippen LogP contribution in [0.1, 0.15) is 29.5 Å². The quantitative estimate of drug-likeness (QED) is 0.862. The first-order chi connectivity index (χ1) is 7.02. The molecule has 0 saturated heterocycles. The van der Waals surface area contributed by atoms with Crippen LogP contribution < -0.4 is 10.5 Å². The van der Waals surface area contributed by atoms with Crippen molar-refractivity contribution in [1.29, 1.82) is 0 Å². The highest BCUT2D eigenvalue weighted by atomic mass is 35.5. The van der Waals surface area contributed by atoms with Crippen molar-refractivity contribution in [3.05, 3.63) is 27.8 Å². The summed E-state index contributed by atoms with van der Waals surface area (Å²) in [5.74, 6) is 1.17. The van der Waals surface area contributed by atoms with Crippen LogP contribution in [0.3, 0.4) is 0 Å². The number of ether oxygens (including phenoxy) is 1. The first-order valence-electron chi connectivity index (χ1n) is 5.06. The average molecular weight is 228 g/mol. The minimum absolute atomic E-state index is 0.256. The second kappa shape index (κ2) is 4.86. The van der Waals surface area contributed by atoms with Gasteiger partial charge in [-0.15, -0.1) is 0 Å². The van der Waals surface area contributed by atoms with Crippen molar-refractivity contribution < 1.29 is 4.74 Å². The summed E-state index contributed by atoms with van der Waals surface area (Å²) in [5, 5.41) is 0.781. The summed E-state index contributed by atoms with van der Waals surface area (Å²) in [6, 6.07) is 1.94. The van der Waals surface area contributed by atoms with Gasteiger partial charge in [0.15, 0.2) is 0 Å². The zero-order chi connectivity index (χ0) is 11.6. The van der Waals surface area contributed by atoms with Gasteiger partial charge in [-0.05, 0) is 49.1 Å². The standard InChI is InChI=1S/C12H18ClNO/c1-7-5-10(13)11(8(2)6-14)9(3)12(7)15-4/h5,8H,6,14H2,1-4H3. The lowest BCUT2D eigenvalue weighted by molar-refractivity contribution is 0.407. The minimum Gasteiger partial charge on any atom is -0.496 e. The highest BCUT2D eigenvalue weighted by molar-refractivity contribution is 6.31. The summed E-state index contributed by atoms with van der Waals surface area (Å²) in [6.45, 7) is 6.68. The maximum atomic E-state index is 6.23.